The minimum atomic E-state index is 1.31. The predicted molar refractivity (Wildman–Crippen MR) is 81.3 cm³/mol. The van der Waals surface area contributed by atoms with Crippen molar-refractivity contribution in [3.05, 3.63) is 79.1 Å². The Hall–Kier alpha value is -2.81. The van der Waals surface area contributed by atoms with Gasteiger partial charge in [0.2, 0.25) is 0 Å². The standard InChI is InChI=1S/C14H10.C3H3N3/c1-2-6-12-10-14-8-4-3-7-13(14)9-11(12)5-1;1-2-4-6-5-3-1/h1-10H;1-3H. The summed E-state index contributed by atoms with van der Waals surface area (Å²) in [5.74, 6) is 0. The van der Waals surface area contributed by atoms with E-state index in [9.17, 15) is 0 Å². The summed E-state index contributed by atoms with van der Waals surface area (Å²) in [6.45, 7) is 0. The average Bonchev–Trinajstić information content (AvgIpc) is 2.55. The van der Waals surface area contributed by atoms with Crippen molar-refractivity contribution in [3.8, 4) is 0 Å². The topological polar surface area (TPSA) is 38.7 Å². The van der Waals surface area contributed by atoms with E-state index in [1.165, 1.54) is 21.5 Å². The Labute approximate surface area is 116 Å². The Balaban J connectivity index is 0.000000170. The van der Waals surface area contributed by atoms with Crippen molar-refractivity contribution in [2.45, 2.75) is 0 Å². The van der Waals surface area contributed by atoms with Crippen molar-refractivity contribution < 1.29 is 0 Å². The first kappa shape index (κ1) is 12.2. The lowest BCUT2D eigenvalue weighted by Gasteiger charge is -2.00. The van der Waals surface area contributed by atoms with Gasteiger partial charge in [0.05, 0.1) is 12.4 Å². The molecule has 3 heteroatoms. The van der Waals surface area contributed by atoms with Crippen LogP contribution in [0.15, 0.2) is 79.1 Å². The molecule has 0 aliphatic carbocycles. The summed E-state index contributed by atoms with van der Waals surface area (Å²) in [5.41, 5.74) is 0. The zero-order chi connectivity index (χ0) is 13.6. The number of nitrogens with zero attached hydrogens (tertiary/aromatic N) is 3. The van der Waals surface area contributed by atoms with Crippen molar-refractivity contribution in [1.29, 1.82) is 0 Å². The second-order valence-electron chi connectivity index (χ2n) is 4.36. The Morgan fingerprint density at radius 3 is 1.15 bits per heavy atom. The fraction of sp³-hybridized carbons (Fsp3) is 0. The lowest BCUT2D eigenvalue weighted by molar-refractivity contribution is 0.865. The third kappa shape index (κ3) is 2.78. The number of hydrogen-bond acceptors (Lipinski definition) is 3. The van der Waals surface area contributed by atoms with Crippen LogP contribution in [-0.4, -0.2) is 15.4 Å². The molecule has 0 spiro atoms. The molecule has 0 bridgehead atoms. The van der Waals surface area contributed by atoms with Gasteiger partial charge in [-0.05, 0) is 45.0 Å². The zero-order valence-corrected chi connectivity index (χ0v) is 10.8. The summed E-state index contributed by atoms with van der Waals surface area (Å²) >= 11 is 0. The lowest BCUT2D eigenvalue weighted by Crippen LogP contribution is -1.78. The van der Waals surface area contributed by atoms with Gasteiger partial charge in [-0.2, -0.15) is 0 Å². The lowest BCUT2D eigenvalue weighted by atomic mass is 10.0. The molecule has 4 aromatic rings. The van der Waals surface area contributed by atoms with E-state index in [0.29, 0.717) is 0 Å². The van der Waals surface area contributed by atoms with Crippen molar-refractivity contribution in [3.63, 3.8) is 0 Å². The van der Waals surface area contributed by atoms with Crippen LogP contribution in [0.2, 0.25) is 0 Å². The van der Waals surface area contributed by atoms with Crippen LogP contribution in [0, 0.1) is 0 Å². The quantitative estimate of drug-likeness (QED) is 0.450. The molecule has 0 radical (unpaired) electrons. The highest BCUT2D eigenvalue weighted by Crippen LogP contribution is 2.21. The van der Waals surface area contributed by atoms with E-state index < -0.39 is 0 Å². The molecule has 0 fully saturated rings. The third-order valence-electron chi connectivity index (χ3n) is 3.02. The van der Waals surface area contributed by atoms with E-state index in [4.69, 9.17) is 0 Å². The molecule has 0 amide bonds. The molecule has 20 heavy (non-hydrogen) atoms. The van der Waals surface area contributed by atoms with Crippen molar-refractivity contribution in [2.75, 3.05) is 0 Å². The normalized spacial score (nSPS) is 10.0. The summed E-state index contributed by atoms with van der Waals surface area (Å²) in [6.07, 6.45) is 3.15. The van der Waals surface area contributed by atoms with Crippen LogP contribution in [0.1, 0.15) is 0 Å². The molecule has 0 N–H and O–H groups in total. The third-order valence-corrected chi connectivity index (χ3v) is 3.02. The molecular weight excluding hydrogens is 246 g/mol. The molecule has 0 saturated heterocycles. The van der Waals surface area contributed by atoms with E-state index in [-0.39, 0.29) is 0 Å². The van der Waals surface area contributed by atoms with Crippen LogP contribution in [0.3, 0.4) is 0 Å². The Morgan fingerprint density at radius 1 is 0.500 bits per heavy atom. The van der Waals surface area contributed by atoms with Crippen LogP contribution in [0.5, 0.6) is 0 Å². The monoisotopic (exact) mass is 259 g/mol. The van der Waals surface area contributed by atoms with Gasteiger partial charge in [-0.25, -0.2) is 0 Å². The number of hydrogen-bond donors (Lipinski definition) is 0. The highest BCUT2D eigenvalue weighted by Gasteiger charge is 1.95. The molecular formula is C17H13N3. The SMILES string of the molecule is c1ccc2cc3ccccc3cc2c1.c1cnnnc1. The molecule has 0 atom stereocenters. The van der Waals surface area contributed by atoms with E-state index in [1.807, 2.05) is 0 Å². The maximum atomic E-state index is 3.42. The van der Waals surface area contributed by atoms with Gasteiger partial charge in [0.25, 0.3) is 0 Å². The van der Waals surface area contributed by atoms with Crippen LogP contribution in [0.25, 0.3) is 21.5 Å². The average molecular weight is 259 g/mol. The molecule has 1 heterocycles. The first-order valence-electron chi connectivity index (χ1n) is 6.39. The number of aromatic nitrogens is 3. The number of fused-ring (bicyclic) bond motifs is 2. The molecule has 0 unspecified atom stereocenters. The van der Waals surface area contributed by atoms with Gasteiger partial charge in [-0.3, -0.25) is 0 Å². The molecule has 3 aromatic carbocycles. The first-order valence-corrected chi connectivity index (χ1v) is 6.39. The summed E-state index contributed by atoms with van der Waals surface area (Å²) in [6, 6.07) is 23.1. The van der Waals surface area contributed by atoms with E-state index >= 15 is 0 Å². The molecule has 0 aliphatic heterocycles. The van der Waals surface area contributed by atoms with Crippen molar-refractivity contribution >= 4 is 21.5 Å². The molecule has 4 rings (SSSR count). The number of rotatable bonds is 0. The molecule has 96 valence electrons. The molecule has 1 aromatic heterocycles. The van der Waals surface area contributed by atoms with Crippen LogP contribution in [-0.2, 0) is 0 Å². The summed E-state index contributed by atoms with van der Waals surface area (Å²) in [4.78, 5) is 0. The molecule has 3 nitrogen and oxygen atoms in total. The maximum Gasteiger partial charge on any atom is 0.0529 e. The van der Waals surface area contributed by atoms with Crippen LogP contribution < -0.4 is 0 Å². The van der Waals surface area contributed by atoms with Gasteiger partial charge in [-0.1, -0.05) is 48.5 Å². The smallest absolute Gasteiger partial charge is 0.0529 e. The second-order valence-corrected chi connectivity index (χ2v) is 4.36. The van der Waals surface area contributed by atoms with Gasteiger partial charge in [-0.15, -0.1) is 10.2 Å². The van der Waals surface area contributed by atoms with Crippen molar-refractivity contribution in [2.24, 2.45) is 0 Å². The Bertz CT molecular complexity index is 682. The highest BCUT2D eigenvalue weighted by atomic mass is 15.3. The number of benzene rings is 3. The van der Waals surface area contributed by atoms with Gasteiger partial charge >= 0.3 is 0 Å². The summed E-state index contributed by atoms with van der Waals surface area (Å²) in [7, 11) is 0. The van der Waals surface area contributed by atoms with Gasteiger partial charge in [0, 0.05) is 0 Å². The van der Waals surface area contributed by atoms with Gasteiger partial charge < -0.3 is 0 Å². The maximum absolute atomic E-state index is 3.42. The van der Waals surface area contributed by atoms with Crippen LogP contribution >= 0.6 is 0 Å². The zero-order valence-electron chi connectivity index (χ0n) is 10.8. The molecule has 0 aliphatic rings. The van der Waals surface area contributed by atoms with E-state index in [1.54, 1.807) is 18.5 Å². The largest absolute Gasteiger partial charge is 0.139 e. The summed E-state index contributed by atoms with van der Waals surface area (Å²) < 4.78 is 0. The Kier molecular flexibility index (Phi) is 3.60. The van der Waals surface area contributed by atoms with Gasteiger partial charge in [0.15, 0.2) is 0 Å². The minimum absolute atomic E-state index is 1.31. The van der Waals surface area contributed by atoms with Gasteiger partial charge in [0.1, 0.15) is 0 Å². The van der Waals surface area contributed by atoms with E-state index in [2.05, 4.69) is 76.1 Å². The first-order chi connectivity index (χ1) is 9.93. The fourth-order valence-electron chi connectivity index (χ4n) is 2.09. The molecule has 0 saturated carbocycles. The van der Waals surface area contributed by atoms with E-state index in [0.717, 1.165) is 0 Å². The van der Waals surface area contributed by atoms with Crippen LogP contribution in [0.4, 0.5) is 0 Å². The Morgan fingerprint density at radius 2 is 0.900 bits per heavy atom. The summed E-state index contributed by atoms with van der Waals surface area (Å²) in [5, 5.41) is 15.4. The van der Waals surface area contributed by atoms with Crippen molar-refractivity contribution in [1.82, 2.24) is 15.4 Å². The second kappa shape index (κ2) is 5.89. The predicted octanol–water partition coefficient (Wildman–Crippen LogP) is 3.86. The fourth-order valence-corrected chi connectivity index (χ4v) is 2.09. The highest BCUT2D eigenvalue weighted by molar-refractivity contribution is 5.98. The minimum Gasteiger partial charge on any atom is -0.139 e.